The number of allylic oxidation sites excluding steroid dienone is 1. The molecule has 0 atom stereocenters. The molecule has 0 heterocycles. The molecule has 1 rings (SSSR count). The lowest BCUT2D eigenvalue weighted by atomic mass is 10.0. The Morgan fingerprint density at radius 3 is 2.41 bits per heavy atom. The average molecular weight is 349 g/mol. The third-order valence-corrected chi connectivity index (χ3v) is 3.65. The quantitative estimate of drug-likeness (QED) is 0.273. The van der Waals surface area contributed by atoms with Crippen molar-refractivity contribution >= 4 is 40.1 Å². The van der Waals surface area contributed by atoms with Gasteiger partial charge in [-0.2, -0.15) is 0 Å². The van der Waals surface area contributed by atoms with Crippen LogP contribution in [0.3, 0.4) is 0 Å². The molecule has 0 aromatic heterocycles. The molecule has 7 N–H and O–H groups in total. The summed E-state index contributed by atoms with van der Waals surface area (Å²) in [6.07, 6.45) is 1.77. The van der Waals surface area contributed by atoms with Crippen LogP contribution in [0.2, 0.25) is 5.02 Å². The molecular weight excluding hydrogens is 326 g/mol. The van der Waals surface area contributed by atoms with E-state index in [1.165, 1.54) is 0 Å². The van der Waals surface area contributed by atoms with Gasteiger partial charge >= 0.3 is 0 Å². The molecule has 0 radical (unpaired) electrons. The van der Waals surface area contributed by atoms with Gasteiger partial charge in [0.2, 0.25) is 0 Å². The van der Waals surface area contributed by atoms with Crippen LogP contribution in [0.1, 0.15) is 25.3 Å². The van der Waals surface area contributed by atoms with Gasteiger partial charge in [-0.25, -0.2) is 4.39 Å². The Morgan fingerprint density at radius 2 is 1.86 bits per heavy atom. The number of unbranched alkanes of at least 4 members (excludes halogenated alkanes) is 1. The zero-order valence-corrected chi connectivity index (χ0v) is 14.2. The fourth-order valence-corrected chi connectivity index (χ4v) is 2.13. The van der Waals surface area contributed by atoms with E-state index in [0.29, 0.717) is 23.8 Å². The molecule has 0 saturated heterocycles. The van der Waals surface area contributed by atoms with Crippen molar-refractivity contribution in [2.24, 2.45) is 5.73 Å². The first-order chi connectivity index (χ1) is 10.4. The largest absolute Gasteiger partial charge is 0.396 e. The lowest BCUT2D eigenvalue weighted by molar-refractivity contribution is 0.624. The monoisotopic (exact) mass is 348 g/mol. The van der Waals surface area contributed by atoms with Crippen LogP contribution in [0.5, 0.6) is 0 Å². The third kappa shape index (κ3) is 5.40. The SMILES string of the molecule is C/C(=C(/Cl)NCCCCN)c1c(F)cc(Cl)c(N)c1N.C=C. The van der Waals surface area contributed by atoms with Gasteiger partial charge in [0.05, 0.1) is 16.4 Å². The fraction of sp³-hybridized carbons (Fsp3) is 0.333. The highest BCUT2D eigenvalue weighted by atomic mass is 35.5. The number of hydrogen-bond donors (Lipinski definition) is 4. The summed E-state index contributed by atoms with van der Waals surface area (Å²) in [5.74, 6) is -0.555. The molecule has 0 aliphatic rings. The van der Waals surface area contributed by atoms with Crippen molar-refractivity contribution in [3.8, 4) is 0 Å². The van der Waals surface area contributed by atoms with E-state index in [1.54, 1.807) is 6.92 Å². The van der Waals surface area contributed by atoms with Crippen molar-refractivity contribution in [2.75, 3.05) is 24.6 Å². The van der Waals surface area contributed by atoms with Gasteiger partial charge in [0.1, 0.15) is 11.0 Å². The van der Waals surface area contributed by atoms with Crippen LogP contribution >= 0.6 is 23.2 Å². The Hall–Kier alpha value is -1.43. The molecule has 0 spiro atoms. The molecule has 1 aromatic carbocycles. The lowest BCUT2D eigenvalue weighted by Gasteiger charge is -2.14. The van der Waals surface area contributed by atoms with Crippen molar-refractivity contribution < 1.29 is 4.39 Å². The lowest BCUT2D eigenvalue weighted by Crippen LogP contribution is -2.14. The fourth-order valence-electron chi connectivity index (χ4n) is 1.74. The number of hydrogen-bond acceptors (Lipinski definition) is 4. The summed E-state index contributed by atoms with van der Waals surface area (Å²) in [7, 11) is 0. The molecule has 22 heavy (non-hydrogen) atoms. The maximum absolute atomic E-state index is 14.0. The van der Waals surface area contributed by atoms with Crippen LogP contribution in [-0.4, -0.2) is 13.1 Å². The molecule has 0 aliphatic carbocycles. The van der Waals surface area contributed by atoms with Crippen LogP contribution < -0.4 is 22.5 Å². The average Bonchev–Trinajstić information content (AvgIpc) is 2.51. The minimum atomic E-state index is -0.555. The van der Waals surface area contributed by atoms with E-state index in [0.717, 1.165) is 18.9 Å². The second kappa shape index (κ2) is 10.3. The van der Waals surface area contributed by atoms with E-state index >= 15 is 0 Å². The van der Waals surface area contributed by atoms with Gasteiger partial charge in [-0.15, -0.1) is 13.2 Å². The van der Waals surface area contributed by atoms with Crippen molar-refractivity contribution in [3.63, 3.8) is 0 Å². The zero-order valence-electron chi connectivity index (χ0n) is 12.7. The number of anilines is 2. The molecule has 0 unspecified atom stereocenters. The highest BCUT2D eigenvalue weighted by Gasteiger charge is 2.16. The Morgan fingerprint density at radius 1 is 1.27 bits per heavy atom. The van der Waals surface area contributed by atoms with Gasteiger partial charge in [-0.1, -0.05) is 23.2 Å². The highest BCUT2D eigenvalue weighted by Crippen LogP contribution is 2.36. The molecule has 0 saturated carbocycles. The normalized spacial score (nSPS) is 11.3. The van der Waals surface area contributed by atoms with Gasteiger partial charge in [0, 0.05) is 12.1 Å². The molecule has 0 fully saturated rings. The van der Waals surface area contributed by atoms with E-state index in [4.69, 9.17) is 40.4 Å². The molecule has 0 amide bonds. The number of nitrogens with two attached hydrogens (primary N) is 3. The van der Waals surface area contributed by atoms with Crippen molar-refractivity contribution in [3.05, 3.63) is 40.8 Å². The summed E-state index contributed by atoms with van der Waals surface area (Å²) in [5, 5.41) is 3.41. The van der Waals surface area contributed by atoms with Crippen LogP contribution in [0.25, 0.3) is 5.57 Å². The van der Waals surface area contributed by atoms with Crippen LogP contribution in [0.15, 0.2) is 24.4 Å². The second-order valence-corrected chi connectivity index (χ2v) is 5.19. The van der Waals surface area contributed by atoms with E-state index in [-0.39, 0.29) is 22.0 Å². The van der Waals surface area contributed by atoms with Gasteiger partial charge in [0.25, 0.3) is 0 Å². The molecule has 1 aromatic rings. The first-order valence-electron chi connectivity index (χ1n) is 6.73. The smallest absolute Gasteiger partial charge is 0.134 e. The van der Waals surface area contributed by atoms with Gasteiger partial charge in [-0.05, 0) is 37.9 Å². The van der Waals surface area contributed by atoms with Crippen LogP contribution in [0, 0.1) is 5.82 Å². The first-order valence-corrected chi connectivity index (χ1v) is 7.49. The summed E-state index contributed by atoms with van der Waals surface area (Å²) in [6, 6.07) is 1.13. The molecule has 7 heteroatoms. The minimum Gasteiger partial charge on any atom is -0.396 e. The standard InChI is InChI=1S/C13H19Cl2FN4.C2H4/c1-7(13(15)20-5-3-2-4-17)10-9(16)6-8(14)11(18)12(10)19;1-2/h6,20H,2-5,17-19H2,1H3;1-2H2/b13-7+;. The van der Waals surface area contributed by atoms with E-state index in [2.05, 4.69) is 18.5 Å². The van der Waals surface area contributed by atoms with Gasteiger partial charge in [-0.3, -0.25) is 0 Å². The summed E-state index contributed by atoms with van der Waals surface area (Å²) < 4.78 is 14.0. The zero-order chi connectivity index (χ0) is 17.3. The first kappa shape index (κ1) is 20.6. The van der Waals surface area contributed by atoms with E-state index in [9.17, 15) is 4.39 Å². The number of rotatable bonds is 6. The van der Waals surface area contributed by atoms with E-state index < -0.39 is 5.82 Å². The number of nitrogens with one attached hydrogen (secondary N) is 1. The topological polar surface area (TPSA) is 90.1 Å². The van der Waals surface area contributed by atoms with Crippen molar-refractivity contribution in [1.29, 1.82) is 0 Å². The molecular formula is C15H23Cl2FN4. The molecule has 0 aliphatic heterocycles. The number of nitrogen functional groups attached to an aromatic ring is 2. The Balaban J connectivity index is 0.00000211. The Kier molecular flexibility index (Phi) is 9.65. The third-order valence-electron chi connectivity index (χ3n) is 2.92. The van der Waals surface area contributed by atoms with Crippen molar-refractivity contribution in [1.82, 2.24) is 5.32 Å². The summed E-state index contributed by atoms with van der Waals surface area (Å²) >= 11 is 11.9. The summed E-state index contributed by atoms with van der Waals surface area (Å²) in [4.78, 5) is 0. The Labute approximate surface area is 141 Å². The molecule has 0 bridgehead atoms. The second-order valence-electron chi connectivity index (χ2n) is 4.40. The molecule has 124 valence electrons. The van der Waals surface area contributed by atoms with Crippen LogP contribution in [-0.2, 0) is 0 Å². The maximum Gasteiger partial charge on any atom is 0.134 e. The number of halogens is 3. The Bertz CT molecular complexity index is 533. The van der Waals surface area contributed by atoms with Gasteiger partial charge < -0.3 is 22.5 Å². The van der Waals surface area contributed by atoms with E-state index in [1.807, 2.05) is 0 Å². The maximum atomic E-state index is 14.0. The van der Waals surface area contributed by atoms with Gasteiger partial charge in [0.15, 0.2) is 0 Å². The number of benzene rings is 1. The minimum absolute atomic E-state index is 0.0866. The van der Waals surface area contributed by atoms with Crippen LogP contribution in [0.4, 0.5) is 15.8 Å². The highest BCUT2D eigenvalue weighted by molar-refractivity contribution is 6.34. The predicted molar refractivity (Wildman–Crippen MR) is 96.2 cm³/mol. The molecule has 4 nitrogen and oxygen atoms in total. The summed E-state index contributed by atoms with van der Waals surface area (Å²) in [5.41, 5.74) is 17.8. The van der Waals surface area contributed by atoms with Crippen molar-refractivity contribution in [2.45, 2.75) is 19.8 Å². The summed E-state index contributed by atoms with van der Waals surface area (Å²) in [6.45, 7) is 8.94. The predicted octanol–water partition coefficient (Wildman–Crippen LogP) is 3.70.